The normalized spacial score (nSPS) is 22.4. The van der Waals surface area contributed by atoms with Crippen molar-refractivity contribution in [2.45, 2.75) is 68.9 Å². The molecule has 2 aromatic carbocycles. The molecule has 40 heavy (non-hydrogen) atoms. The van der Waals surface area contributed by atoms with Crippen LogP contribution in [0.3, 0.4) is 0 Å². The molecule has 3 N–H and O–H groups in total. The van der Waals surface area contributed by atoms with Gasteiger partial charge in [0, 0.05) is 48.4 Å². The molecule has 1 unspecified atom stereocenters. The molecule has 3 fully saturated rings. The van der Waals surface area contributed by atoms with E-state index in [0.717, 1.165) is 47.4 Å². The summed E-state index contributed by atoms with van der Waals surface area (Å²) in [5, 5.41) is 11.8. The van der Waals surface area contributed by atoms with E-state index in [1.54, 1.807) is 13.3 Å². The van der Waals surface area contributed by atoms with Gasteiger partial charge in [-0.25, -0.2) is 9.97 Å². The minimum Gasteiger partial charge on any atom is -0.496 e. The standard InChI is InChI=1S/C32H35N5O3/c1-32(39,23-5-3-4-20(16-23)19-6-7-19)25-12-9-21(17-26(25)40-2)28-29-30(33)34-14-15-36(29)31(35-28)22-8-10-24-11-13-27(38)37(24)18-22/h3-5,9,12,14-17,19,22,24,39H,6-8,10-11,13,18H2,1-2H3,(H2,33,34)/t22-,24+,32?/m1/s1. The lowest BCUT2D eigenvalue weighted by molar-refractivity contribution is -0.130. The van der Waals surface area contributed by atoms with Crippen LogP contribution in [-0.2, 0) is 10.4 Å². The third kappa shape index (κ3) is 4.04. The Hall–Kier alpha value is -3.91. The van der Waals surface area contributed by atoms with Gasteiger partial charge in [0.2, 0.25) is 5.91 Å². The highest BCUT2D eigenvalue weighted by molar-refractivity contribution is 5.86. The molecule has 4 heterocycles. The van der Waals surface area contributed by atoms with Gasteiger partial charge in [0.1, 0.15) is 34.2 Å². The molecular weight excluding hydrogens is 502 g/mol. The Bertz CT molecular complexity index is 1620. The number of anilines is 1. The number of aromatic nitrogens is 3. The number of fused-ring (bicyclic) bond motifs is 2. The van der Waals surface area contributed by atoms with Crippen LogP contribution in [0.2, 0.25) is 0 Å². The van der Waals surface area contributed by atoms with Crippen LogP contribution in [-0.4, -0.2) is 50.0 Å². The average Bonchev–Trinajstić information content (AvgIpc) is 3.66. The number of hydrogen-bond donors (Lipinski definition) is 2. The average molecular weight is 538 g/mol. The van der Waals surface area contributed by atoms with Crippen molar-refractivity contribution < 1.29 is 14.6 Å². The lowest BCUT2D eigenvalue weighted by Gasteiger charge is -2.34. The summed E-state index contributed by atoms with van der Waals surface area (Å²) in [5.41, 5.74) is 10.3. The van der Waals surface area contributed by atoms with Crippen LogP contribution >= 0.6 is 0 Å². The fourth-order valence-corrected chi connectivity index (χ4v) is 6.76. The molecule has 1 saturated carbocycles. The second-order valence-electron chi connectivity index (χ2n) is 11.7. The van der Waals surface area contributed by atoms with Gasteiger partial charge in [0.15, 0.2) is 0 Å². The quantitative estimate of drug-likeness (QED) is 0.359. The summed E-state index contributed by atoms with van der Waals surface area (Å²) in [6, 6.07) is 14.4. The summed E-state index contributed by atoms with van der Waals surface area (Å²) < 4.78 is 7.88. The number of piperidine rings is 1. The molecule has 3 aliphatic rings. The Labute approximate surface area is 233 Å². The van der Waals surface area contributed by atoms with Crippen LogP contribution in [0.15, 0.2) is 54.9 Å². The van der Waals surface area contributed by atoms with E-state index in [0.29, 0.717) is 42.1 Å². The van der Waals surface area contributed by atoms with Crippen molar-refractivity contribution in [3.05, 3.63) is 77.4 Å². The minimum absolute atomic E-state index is 0.113. The number of carbonyl (C=O) groups is 1. The number of nitrogen functional groups attached to an aromatic ring is 1. The number of hydrogen-bond acceptors (Lipinski definition) is 6. The second kappa shape index (κ2) is 9.34. The van der Waals surface area contributed by atoms with Crippen LogP contribution < -0.4 is 10.5 Å². The number of carbonyl (C=O) groups excluding carboxylic acids is 1. The van der Waals surface area contributed by atoms with E-state index in [-0.39, 0.29) is 11.8 Å². The molecule has 8 nitrogen and oxygen atoms in total. The third-order valence-corrected chi connectivity index (χ3v) is 9.19. The lowest BCUT2D eigenvalue weighted by atomic mass is 9.85. The van der Waals surface area contributed by atoms with Crippen molar-refractivity contribution in [2.24, 2.45) is 0 Å². The Morgan fingerprint density at radius 3 is 2.70 bits per heavy atom. The molecule has 0 spiro atoms. The van der Waals surface area contributed by atoms with E-state index < -0.39 is 5.60 Å². The van der Waals surface area contributed by atoms with Gasteiger partial charge in [-0.2, -0.15) is 0 Å². The number of aliphatic hydroxyl groups is 1. The number of methoxy groups -OCH3 is 1. The van der Waals surface area contributed by atoms with Crippen molar-refractivity contribution in [1.29, 1.82) is 0 Å². The van der Waals surface area contributed by atoms with E-state index in [2.05, 4.69) is 17.1 Å². The highest BCUT2D eigenvalue weighted by atomic mass is 16.5. The van der Waals surface area contributed by atoms with Gasteiger partial charge in [0.25, 0.3) is 0 Å². The van der Waals surface area contributed by atoms with Crippen molar-refractivity contribution in [1.82, 2.24) is 19.3 Å². The molecule has 8 heteroatoms. The molecule has 2 aromatic heterocycles. The topological polar surface area (TPSA) is 106 Å². The van der Waals surface area contributed by atoms with Gasteiger partial charge < -0.3 is 20.5 Å². The van der Waals surface area contributed by atoms with Gasteiger partial charge in [0.05, 0.1) is 7.11 Å². The van der Waals surface area contributed by atoms with Crippen molar-refractivity contribution in [3.8, 4) is 17.0 Å². The Morgan fingerprint density at radius 1 is 1.07 bits per heavy atom. The first kappa shape index (κ1) is 25.1. The fourth-order valence-electron chi connectivity index (χ4n) is 6.76. The molecule has 0 radical (unpaired) electrons. The summed E-state index contributed by atoms with van der Waals surface area (Å²) in [4.78, 5) is 24.0. The van der Waals surface area contributed by atoms with Gasteiger partial charge in [-0.15, -0.1) is 0 Å². The van der Waals surface area contributed by atoms with Gasteiger partial charge in [-0.05, 0) is 62.1 Å². The van der Waals surface area contributed by atoms with E-state index >= 15 is 0 Å². The van der Waals surface area contributed by atoms with Crippen LogP contribution in [0.4, 0.5) is 5.82 Å². The maximum absolute atomic E-state index is 12.5. The number of nitrogens with zero attached hydrogens (tertiary/aromatic N) is 4. The first-order valence-electron chi connectivity index (χ1n) is 14.3. The zero-order valence-corrected chi connectivity index (χ0v) is 23.0. The van der Waals surface area contributed by atoms with Crippen LogP contribution in [0.1, 0.15) is 79.8 Å². The van der Waals surface area contributed by atoms with Gasteiger partial charge >= 0.3 is 0 Å². The summed E-state index contributed by atoms with van der Waals surface area (Å²) in [5.74, 6) is 2.82. The van der Waals surface area contributed by atoms with E-state index in [4.69, 9.17) is 15.5 Å². The van der Waals surface area contributed by atoms with Gasteiger partial charge in [-0.1, -0.05) is 36.4 Å². The van der Waals surface area contributed by atoms with Crippen LogP contribution in [0.5, 0.6) is 5.75 Å². The van der Waals surface area contributed by atoms with E-state index in [9.17, 15) is 9.90 Å². The summed E-state index contributed by atoms with van der Waals surface area (Å²) in [6.07, 6.45) is 9.57. The van der Waals surface area contributed by atoms with Crippen LogP contribution in [0, 0.1) is 0 Å². The molecule has 1 amide bonds. The molecular formula is C32H35N5O3. The maximum Gasteiger partial charge on any atom is 0.222 e. The van der Waals surface area contributed by atoms with Crippen LogP contribution in [0.25, 0.3) is 16.8 Å². The maximum atomic E-state index is 12.5. The summed E-state index contributed by atoms with van der Waals surface area (Å²) >= 11 is 0. The molecule has 2 aliphatic heterocycles. The highest BCUT2D eigenvalue weighted by Gasteiger charge is 2.38. The molecule has 206 valence electrons. The predicted octanol–water partition coefficient (Wildman–Crippen LogP) is 4.99. The Balaban J connectivity index is 1.29. The van der Waals surface area contributed by atoms with E-state index in [1.165, 1.54) is 18.4 Å². The number of ether oxygens (including phenoxy) is 1. The number of benzene rings is 2. The Kier molecular flexibility index (Phi) is 5.85. The fraction of sp³-hybridized carbons (Fsp3) is 0.406. The molecule has 0 bridgehead atoms. The molecule has 1 aliphatic carbocycles. The highest BCUT2D eigenvalue weighted by Crippen LogP contribution is 2.44. The third-order valence-electron chi connectivity index (χ3n) is 9.19. The number of amides is 1. The molecule has 2 saturated heterocycles. The first-order valence-corrected chi connectivity index (χ1v) is 14.3. The second-order valence-corrected chi connectivity index (χ2v) is 11.7. The summed E-state index contributed by atoms with van der Waals surface area (Å²) in [6.45, 7) is 2.49. The number of imidazole rings is 1. The molecule has 3 atom stereocenters. The minimum atomic E-state index is -1.24. The van der Waals surface area contributed by atoms with E-state index in [1.807, 2.05) is 52.8 Å². The Morgan fingerprint density at radius 2 is 1.90 bits per heavy atom. The molecule has 7 rings (SSSR count). The smallest absolute Gasteiger partial charge is 0.222 e. The zero-order chi connectivity index (χ0) is 27.6. The lowest BCUT2D eigenvalue weighted by Crippen LogP contribution is -2.41. The molecule has 4 aromatic rings. The monoisotopic (exact) mass is 537 g/mol. The largest absolute Gasteiger partial charge is 0.496 e. The SMILES string of the molecule is COc1cc(-c2nc([C@@H]3CC[C@H]4CCC(=O)N4C3)n3ccnc(N)c23)ccc1C(C)(O)c1cccc(C2CC2)c1. The summed E-state index contributed by atoms with van der Waals surface area (Å²) in [7, 11) is 1.62. The van der Waals surface area contributed by atoms with Crippen molar-refractivity contribution in [2.75, 3.05) is 19.4 Å². The van der Waals surface area contributed by atoms with Crippen molar-refractivity contribution >= 4 is 17.2 Å². The van der Waals surface area contributed by atoms with Gasteiger partial charge in [-0.3, -0.25) is 9.20 Å². The first-order chi connectivity index (χ1) is 19.3. The van der Waals surface area contributed by atoms with Crippen molar-refractivity contribution in [3.63, 3.8) is 0 Å². The predicted molar refractivity (Wildman–Crippen MR) is 153 cm³/mol. The number of nitrogens with two attached hydrogens (primary N) is 1. The number of rotatable bonds is 6. The zero-order valence-electron chi connectivity index (χ0n) is 23.0.